The maximum atomic E-state index is 12.9. The Morgan fingerprint density at radius 3 is 0.634 bits per heavy atom. The van der Waals surface area contributed by atoms with Crippen LogP contribution in [-0.2, 0) is 6.18 Å². The van der Waals surface area contributed by atoms with Gasteiger partial charge in [-0.15, -0.1) is 0 Å². The molecule has 0 N–H and O–H groups in total. The Hall–Kier alpha value is -9.88. The summed E-state index contributed by atoms with van der Waals surface area (Å²) >= 11 is 12.1. The highest BCUT2D eigenvalue weighted by atomic mass is 35.5. The highest BCUT2D eigenvalue weighted by Gasteiger charge is 2.32. The van der Waals surface area contributed by atoms with E-state index in [1.165, 1.54) is 68.3 Å². The van der Waals surface area contributed by atoms with Crippen LogP contribution in [0.2, 0.25) is 10.0 Å². The molecule has 101 heavy (non-hydrogen) atoms. The van der Waals surface area contributed by atoms with Gasteiger partial charge in [-0.05, 0) is 107 Å². The van der Waals surface area contributed by atoms with Gasteiger partial charge in [0.2, 0.25) is 0 Å². The zero-order chi connectivity index (χ0) is 69.9. The van der Waals surface area contributed by atoms with E-state index < -0.39 is 43.4 Å². The molecule has 0 saturated carbocycles. The molecule has 0 spiro atoms. The van der Waals surface area contributed by atoms with Crippen LogP contribution in [-0.4, -0.2) is 9.78 Å². The second-order valence-corrected chi connectivity index (χ2v) is 32.3. The molecule has 0 unspecified atom stereocenters. The Morgan fingerprint density at radius 1 is 0.287 bits per heavy atom. The van der Waals surface area contributed by atoms with Crippen molar-refractivity contribution in [2.75, 3.05) is 0 Å². The first-order chi connectivity index (χ1) is 49.6. The monoisotopic (exact) mass is 1430 g/mol. The molecule has 11 heteroatoms. The van der Waals surface area contributed by atoms with Crippen LogP contribution in [0.3, 0.4) is 0 Å². The number of aromatic nitrogens is 2. The number of nitrogens with zero attached hydrogens (tertiary/aromatic N) is 2. The van der Waals surface area contributed by atoms with Gasteiger partial charge in [-0.25, -0.2) is 4.68 Å². The molecule has 0 atom stereocenters. The van der Waals surface area contributed by atoms with Crippen molar-refractivity contribution in [1.82, 2.24) is 9.78 Å². The Morgan fingerprint density at radius 2 is 0.465 bits per heavy atom. The van der Waals surface area contributed by atoms with E-state index in [0.29, 0.717) is 11.3 Å². The van der Waals surface area contributed by atoms with Crippen LogP contribution >= 0.6 is 54.9 Å². The molecule has 496 valence electrons. The zero-order valence-electron chi connectivity index (χ0n) is 55.1. The van der Waals surface area contributed by atoms with Crippen molar-refractivity contribution in [2.24, 2.45) is 0 Å². The molecule has 15 aromatic rings. The minimum atomic E-state index is -4.53. The standard InChI is InChI=1S/C18H11Cl2F3N2.4C18H15P/c1-2-11-10-25(24-16(11)12-6-4-3-5-7-12)17-14(19)8-13(9-15(17)20)18(21,22)23;4*1-4-10-16(11-5-1)19(17-12-6-2-7-13-17)18-14-8-3-9-15-18/h2-10H,1H2;4*1-15H. The van der Waals surface area contributed by atoms with Gasteiger partial charge < -0.3 is 0 Å². The molecule has 15 rings (SSSR count). The summed E-state index contributed by atoms with van der Waals surface area (Å²) in [4.78, 5) is 0. The van der Waals surface area contributed by atoms with E-state index in [2.05, 4.69) is 376 Å². The molecule has 0 fully saturated rings. The first-order valence-electron chi connectivity index (χ1n) is 32.8. The maximum Gasteiger partial charge on any atom is 0.416 e. The van der Waals surface area contributed by atoms with Crippen LogP contribution in [0.4, 0.5) is 13.2 Å². The summed E-state index contributed by atoms with van der Waals surface area (Å²) < 4.78 is 40.0. The number of alkyl halides is 3. The molecule has 0 saturated heterocycles. The molecule has 0 aliphatic rings. The lowest BCUT2D eigenvalue weighted by molar-refractivity contribution is -0.137. The third-order valence-corrected chi connectivity index (χ3v) is 26.1. The molecule has 2 nitrogen and oxygen atoms in total. The Kier molecular flexibility index (Phi) is 26.9. The van der Waals surface area contributed by atoms with E-state index in [0.717, 1.165) is 17.7 Å². The molecule has 1 aromatic heterocycles. The highest BCUT2D eigenvalue weighted by molar-refractivity contribution is 7.81. The van der Waals surface area contributed by atoms with E-state index in [1.54, 1.807) is 12.3 Å². The fourth-order valence-electron chi connectivity index (χ4n) is 11.1. The van der Waals surface area contributed by atoms with Crippen molar-refractivity contribution in [3.05, 3.63) is 440 Å². The number of halogens is 5. The topological polar surface area (TPSA) is 17.8 Å². The van der Waals surface area contributed by atoms with Crippen LogP contribution in [0, 0.1) is 0 Å². The first kappa shape index (κ1) is 72.4. The van der Waals surface area contributed by atoms with Crippen molar-refractivity contribution in [2.45, 2.75) is 6.18 Å². The predicted octanol–water partition coefficient (Wildman–Crippen LogP) is 20.3. The van der Waals surface area contributed by atoms with Crippen molar-refractivity contribution in [1.29, 1.82) is 0 Å². The van der Waals surface area contributed by atoms with E-state index >= 15 is 0 Å². The second kappa shape index (κ2) is 37.5. The van der Waals surface area contributed by atoms with Crippen LogP contribution < -0.4 is 63.7 Å². The minimum absolute atomic E-state index is 0.141. The van der Waals surface area contributed by atoms with Crippen molar-refractivity contribution in [3.63, 3.8) is 0 Å². The van der Waals surface area contributed by atoms with Crippen LogP contribution in [0.15, 0.2) is 419 Å². The van der Waals surface area contributed by atoms with E-state index in [4.69, 9.17) is 23.2 Å². The minimum Gasteiger partial charge on any atom is -0.237 e. The van der Waals surface area contributed by atoms with Gasteiger partial charge in [0.25, 0.3) is 0 Å². The van der Waals surface area contributed by atoms with Gasteiger partial charge in [0.05, 0.1) is 21.3 Å². The normalized spacial score (nSPS) is 10.8. The van der Waals surface area contributed by atoms with Gasteiger partial charge in [0, 0.05) is 17.3 Å². The van der Waals surface area contributed by atoms with E-state index in [-0.39, 0.29) is 15.7 Å². The SMILES string of the molecule is C=Cc1cn(-c2c(Cl)cc(C(F)(F)F)cc2Cl)nc1-c1ccccc1.c1ccc(P(c2ccccc2)c2ccccc2)cc1.c1ccc(P(c2ccccc2)c2ccccc2)cc1.c1ccc(P(c2ccccc2)c2ccccc2)cc1.c1ccc(P(c2ccccc2)c2ccccc2)cc1. The summed E-state index contributed by atoms with van der Waals surface area (Å²) in [6, 6.07) is 140. The summed E-state index contributed by atoms with van der Waals surface area (Å²) in [5.41, 5.74) is 1.45. The molecule has 0 radical (unpaired) electrons. The molecule has 0 aliphatic heterocycles. The smallest absolute Gasteiger partial charge is 0.237 e. The predicted molar refractivity (Wildman–Crippen MR) is 435 cm³/mol. The lowest BCUT2D eigenvalue weighted by Gasteiger charge is -2.18. The highest BCUT2D eigenvalue weighted by Crippen LogP contribution is 2.40. The number of hydrogen-bond acceptors (Lipinski definition) is 1. The number of hydrogen-bond donors (Lipinski definition) is 0. The van der Waals surface area contributed by atoms with Crippen LogP contribution in [0.1, 0.15) is 11.1 Å². The largest absolute Gasteiger partial charge is 0.416 e. The van der Waals surface area contributed by atoms with Gasteiger partial charge >= 0.3 is 6.18 Å². The summed E-state index contributed by atoms with van der Waals surface area (Å²) in [6.45, 7) is 3.75. The van der Waals surface area contributed by atoms with Gasteiger partial charge in [-0.3, -0.25) is 0 Å². The summed E-state index contributed by atoms with van der Waals surface area (Å²) in [7, 11) is -1.78. The summed E-state index contributed by atoms with van der Waals surface area (Å²) in [6.07, 6.45) is -1.30. The summed E-state index contributed by atoms with van der Waals surface area (Å²) in [5.74, 6) is 0. The second-order valence-electron chi connectivity index (χ2n) is 22.6. The quantitative estimate of drug-likeness (QED) is 0.0936. The third-order valence-electron chi connectivity index (χ3n) is 15.8. The number of benzene rings is 14. The number of rotatable bonds is 15. The molecule has 0 aliphatic carbocycles. The van der Waals surface area contributed by atoms with Crippen LogP contribution in [0.25, 0.3) is 23.0 Å². The first-order valence-corrected chi connectivity index (χ1v) is 38.9. The molecular formula is C90H71Cl2F3N2P4. The molecular weight excluding hydrogens is 1360 g/mol. The Balaban J connectivity index is 0.000000128. The maximum absolute atomic E-state index is 12.9. The average Bonchev–Trinajstić information content (AvgIpc) is 1.68. The van der Waals surface area contributed by atoms with Crippen LogP contribution in [0.5, 0.6) is 0 Å². The lowest BCUT2D eigenvalue weighted by atomic mass is 10.1. The Bertz CT molecular complexity index is 4000. The molecule has 14 aromatic carbocycles. The fraction of sp³-hybridized carbons (Fsp3) is 0.0111. The molecule has 1 heterocycles. The van der Waals surface area contributed by atoms with Gasteiger partial charge in [-0.2, -0.15) is 18.3 Å². The van der Waals surface area contributed by atoms with Gasteiger partial charge in [-0.1, -0.05) is 430 Å². The van der Waals surface area contributed by atoms with E-state index in [9.17, 15) is 13.2 Å². The molecule has 0 amide bonds. The lowest BCUT2D eigenvalue weighted by Crippen LogP contribution is -2.20. The average molecular weight is 1430 g/mol. The van der Waals surface area contributed by atoms with Crippen molar-refractivity contribution in [3.8, 4) is 16.9 Å². The van der Waals surface area contributed by atoms with Gasteiger partial charge in [0.15, 0.2) is 0 Å². The Labute approximate surface area is 606 Å². The van der Waals surface area contributed by atoms with Crippen molar-refractivity contribution >= 4 is 125 Å². The zero-order valence-corrected chi connectivity index (χ0v) is 60.2. The molecule has 0 bridgehead atoms. The van der Waals surface area contributed by atoms with E-state index in [1.807, 2.05) is 30.3 Å². The van der Waals surface area contributed by atoms with Crippen molar-refractivity contribution < 1.29 is 13.2 Å². The fourth-order valence-corrected chi connectivity index (χ4v) is 21.0. The summed E-state index contributed by atoms with van der Waals surface area (Å²) in [5, 5.41) is 20.9. The van der Waals surface area contributed by atoms with Gasteiger partial charge in [0.1, 0.15) is 5.69 Å². The third kappa shape index (κ3) is 20.2.